The maximum atomic E-state index is 12.2. The lowest BCUT2D eigenvalue weighted by atomic mass is 9.51. The second-order valence-corrected chi connectivity index (χ2v) is 8.82. The molecule has 4 rings (SSSR count). The second-order valence-electron chi connectivity index (χ2n) is 8.82. The second kappa shape index (κ2) is 6.06. The molecule has 4 aliphatic rings. The SMILES string of the molecule is CC(=O)[C@@]1(O)CC[C@H]2[C@@H]3C=C(C)C4=CC(=O)CC[C@@H]4[C@H]3CC[C@@]21C.Cl. The molecule has 4 aliphatic carbocycles. The van der Waals surface area contributed by atoms with Gasteiger partial charge in [-0.25, -0.2) is 0 Å². The van der Waals surface area contributed by atoms with Crippen LogP contribution in [0.4, 0.5) is 0 Å². The molecule has 0 bridgehead atoms. The van der Waals surface area contributed by atoms with Crippen LogP contribution in [0.3, 0.4) is 0 Å². The number of Topliss-reactive ketones (excluding diaryl/α,β-unsaturated/α-hetero) is 1. The van der Waals surface area contributed by atoms with Crippen molar-refractivity contribution in [2.45, 2.75) is 64.9 Å². The van der Waals surface area contributed by atoms with Crippen LogP contribution in [-0.4, -0.2) is 22.3 Å². The lowest BCUT2D eigenvalue weighted by Crippen LogP contribution is -2.55. The predicted molar refractivity (Wildman–Crippen MR) is 99.5 cm³/mol. The van der Waals surface area contributed by atoms with Gasteiger partial charge in [0, 0.05) is 11.8 Å². The van der Waals surface area contributed by atoms with Gasteiger partial charge in [-0.1, -0.05) is 18.6 Å². The van der Waals surface area contributed by atoms with Gasteiger partial charge in [0.2, 0.25) is 0 Å². The molecular formula is C21H29ClO3. The summed E-state index contributed by atoms with van der Waals surface area (Å²) >= 11 is 0. The van der Waals surface area contributed by atoms with E-state index in [4.69, 9.17) is 0 Å². The van der Waals surface area contributed by atoms with Gasteiger partial charge in [-0.3, -0.25) is 9.59 Å². The number of aliphatic hydroxyl groups is 1. The van der Waals surface area contributed by atoms with Crippen LogP contribution >= 0.6 is 12.4 Å². The first-order valence-corrected chi connectivity index (χ1v) is 9.44. The Hall–Kier alpha value is -0.930. The molecule has 4 heteroatoms. The van der Waals surface area contributed by atoms with Crippen molar-refractivity contribution in [1.29, 1.82) is 0 Å². The number of carbonyl (C=O) groups excluding carboxylic acids is 2. The topological polar surface area (TPSA) is 54.4 Å². The van der Waals surface area contributed by atoms with Gasteiger partial charge in [0.25, 0.3) is 0 Å². The molecule has 0 unspecified atom stereocenters. The summed E-state index contributed by atoms with van der Waals surface area (Å²) < 4.78 is 0. The number of allylic oxidation sites excluding steroid dienone is 4. The lowest BCUT2D eigenvalue weighted by Gasteiger charge is -2.54. The minimum absolute atomic E-state index is 0. The van der Waals surface area contributed by atoms with E-state index in [9.17, 15) is 14.7 Å². The molecule has 25 heavy (non-hydrogen) atoms. The van der Waals surface area contributed by atoms with Crippen molar-refractivity contribution in [3.05, 3.63) is 23.3 Å². The summed E-state index contributed by atoms with van der Waals surface area (Å²) in [5.41, 5.74) is 1.05. The zero-order valence-electron chi connectivity index (χ0n) is 15.4. The van der Waals surface area contributed by atoms with E-state index in [1.54, 1.807) is 6.92 Å². The van der Waals surface area contributed by atoms with Gasteiger partial charge in [0.05, 0.1) is 0 Å². The molecule has 2 saturated carbocycles. The Labute approximate surface area is 156 Å². The molecule has 0 heterocycles. The van der Waals surface area contributed by atoms with Crippen LogP contribution in [0, 0.1) is 29.1 Å². The van der Waals surface area contributed by atoms with Crippen molar-refractivity contribution < 1.29 is 14.7 Å². The molecule has 1 N–H and O–H groups in total. The third kappa shape index (κ3) is 2.42. The number of ketones is 2. The first-order valence-electron chi connectivity index (χ1n) is 9.44. The number of hydrogen-bond donors (Lipinski definition) is 1. The quantitative estimate of drug-likeness (QED) is 0.764. The minimum atomic E-state index is -1.15. The van der Waals surface area contributed by atoms with Crippen LogP contribution in [0.15, 0.2) is 23.3 Å². The van der Waals surface area contributed by atoms with E-state index in [-0.39, 0.29) is 29.4 Å². The summed E-state index contributed by atoms with van der Waals surface area (Å²) in [4.78, 5) is 24.0. The van der Waals surface area contributed by atoms with Gasteiger partial charge in [0.1, 0.15) is 5.60 Å². The number of rotatable bonds is 1. The first-order chi connectivity index (χ1) is 11.3. The molecule has 138 valence electrons. The van der Waals surface area contributed by atoms with Crippen LogP contribution < -0.4 is 0 Å². The number of halogens is 1. The third-order valence-electron chi connectivity index (χ3n) is 7.95. The maximum Gasteiger partial charge on any atom is 0.161 e. The highest BCUT2D eigenvalue weighted by atomic mass is 35.5. The fourth-order valence-electron chi connectivity index (χ4n) is 6.57. The summed E-state index contributed by atoms with van der Waals surface area (Å²) in [6, 6.07) is 0. The van der Waals surface area contributed by atoms with Gasteiger partial charge < -0.3 is 5.11 Å². The molecule has 0 amide bonds. The Balaban J connectivity index is 0.00000182. The molecule has 0 aromatic carbocycles. The highest BCUT2D eigenvalue weighted by Gasteiger charge is 2.63. The molecule has 0 aromatic rings. The van der Waals surface area contributed by atoms with Crippen molar-refractivity contribution in [2.24, 2.45) is 29.1 Å². The smallest absolute Gasteiger partial charge is 0.161 e. The lowest BCUT2D eigenvalue weighted by molar-refractivity contribution is -0.155. The van der Waals surface area contributed by atoms with E-state index in [2.05, 4.69) is 19.9 Å². The fourth-order valence-corrected chi connectivity index (χ4v) is 6.57. The summed E-state index contributed by atoms with van der Waals surface area (Å²) in [6.45, 7) is 5.82. The molecule has 0 radical (unpaired) electrons. The Morgan fingerprint density at radius 2 is 1.96 bits per heavy atom. The van der Waals surface area contributed by atoms with E-state index >= 15 is 0 Å². The van der Waals surface area contributed by atoms with Crippen LogP contribution in [0.25, 0.3) is 0 Å². The molecule has 6 atom stereocenters. The van der Waals surface area contributed by atoms with E-state index in [1.165, 1.54) is 11.1 Å². The fraction of sp³-hybridized carbons (Fsp3) is 0.714. The van der Waals surface area contributed by atoms with E-state index in [0.717, 1.165) is 25.7 Å². The van der Waals surface area contributed by atoms with Gasteiger partial charge in [0.15, 0.2) is 11.6 Å². The van der Waals surface area contributed by atoms with Crippen LogP contribution in [0.2, 0.25) is 0 Å². The molecule has 0 spiro atoms. The van der Waals surface area contributed by atoms with Crippen molar-refractivity contribution in [3.63, 3.8) is 0 Å². The van der Waals surface area contributed by atoms with Crippen molar-refractivity contribution >= 4 is 24.0 Å². The highest BCUT2D eigenvalue weighted by Crippen LogP contribution is 2.64. The maximum absolute atomic E-state index is 12.2. The number of carbonyl (C=O) groups is 2. The van der Waals surface area contributed by atoms with Gasteiger partial charge in [-0.15, -0.1) is 12.4 Å². The standard InChI is InChI=1S/C21H28O3.ClH/c1-12-10-18-16(15-5-4-14(23)11-17(12)15)6-8-20(3)19(18)7-9-21(20,24)13(2)22;/h10-11,15-16,18-19,24H,4-9H2,1-3H3;1H/t15-,16-,18-,19+,20+,21+;/m1./s1. The largest absolute Gasteiger partial charge is 0.382 e. The monoisotopic (exact) mass is 364 g/mol. The molecule has 0 saturated heterocycles. The Bertz CT molecular complexity index is 679. The highest BCUT2D eigenvalue weighted by molar-refractivity contribution is 5.92. The first kappa shape index (κ1) is 18.8. The molecule has 2 fully saturated rings. The average Bonchev–Trinajstić information content (AvgIpc) is 2.81. The zero-order valence-corrected chi connectivity index (χ0v) is 16.2. The number of hydrogen-bond acceptors (Lipinski definition) is 3. The Kier molecular flexibility index (Phi) is 4.57. The van der Waals surface area contributed by atoms with Crippen LogP contribution in [-0.2, 0) is 9.59 Å². The van der Waals surface area contributed by atoms with Gasteiger partial charge >= 0.3 is 0 Å². The Morgan fingerprint density at radius 1 is 1.24 bits per heavy atom. The van der Waals surface area contributed by atoms with Gasteiger partial charge in [-0.05, 0) is 81.3 Å². The molecule has 0 aromatic heterocycles. The minimum Gasteiger partial charge on any atom is -0.382 e. The number of fused-ring (bicyclic) bond motifs is 5. The average molecular weight is 365 g/mol. The summed E-state index contributed by atoms with van der Waals surface area (Å²) in [7, 11) is 0. The predicted octanol–water partition coefficient (Wildman–Crippen LogP) is 4.04. The Morgan fingerprint density at radius 3 is 2.64 bits per heavy atom. The summed E-state index contributed by atoms with van der Waals surface area (Å²) in [6.07, 6.45) is 9.38. The van der Waals surface area contributed by atoms with Crippen molar-refractivity contribution in [3.8, 4) is 0 Å². The summed E-state index contributed by atoms with van der Waals surface area (Å²) in [5.74, 6) is 2.08. The molecule has 3 nitrogen and oxygen atoms in total. The van der Waals surface area contributed by atoms with Crippen LogP contribution in [0.1, 0.15) is 59.3 Å². The van der Waals surface area contributed by atoms with E-state index < -0.39 is 5.60 Å². The van der Waals surface area contributed by atoms with E-state index in [1.807, 2.05) is 6.08 Å². The zero-order chi connectivity index (χ0) is 17.3. The molecule has 0 aliphatic heterocycles. The van der Waals surface area contributed by atoms with Crippen molar-refractivity contribution in [1.82, 2.24) is 0 Å². The van der Waals surface area contributed by atoms with Crippen LogP contribution in [0.5, 0.6) is 0 Å². The van der Waals surface area contributed by atoms with E-state index in [0.29, 0.717) is 36.5 Å². The summed E-state index contributed by atoms with van der Waals surface area (Å²) in [5, 5.41) is 11.1. The third-order valence-corrected chi connectivity index (χ3v) is 7.95. The van der Waals surface area contributed by atoms with Gasteiger partial charge in [-0.2, -0.15) is 0 Å². The normalized spacial score (nSPS) is 45.4. The molecular weight excluding hydrogens is 336 g/mol. The van der Waals surface area contributed by atoms with Crippen molar-refractivity contribution in [2.75, 3.05) is 0 Å².